The summed E-state index contributed by atoms with van der Waals surface area (Å²) >= 11 is 0. The minimum Gasteiger partial charge on any atom is -0.496 e. The number of halogens is 1. The van der Waals surface area contributed by atoms with Gasteiger partial charge in [0.2, 0.25) is 10.0 Å². The quantitative estimate of drug-likeness (QED) is 0.750. The molecule has 0 amide bonds. The van der Waals surface area contributed by atoms with Crippen molar-refractivity contribution in [2.75, 3.05) is 34.4 Å². The van der Waals surface area contributed by atoms with Gasteiger partial charge in [-0.25, -0.2) is 13.2 Å². The van der Waals surface area contributed by atoms with Gasteiger partial charge in [0.05, 0.1) is 19.1 Å². The number of likely N-dealkylation sites (N-methyl/N-ethyl adjacent to an activating group) is 1. The Hall–Kier alpha value is -1.35. The third kappa shape index (κ3) is 4.00. The number of nitrogens with one attached hydrogen (secondary N) is 1. The molecule has 1 unspecified atom stereocenters. The molecular formula is C15H23ClN2O5S. The van der Waals surface area contributed by atoms with Gasteiger partial charge in [-0.3, -0.25) is 0 Å². The van der Waals surface area contributed by atoms with Crippen molar-refractivity contribution in [1.82, 2.24) is 9.62 Å². The molecule has 0 spiro atoms. The first-order valence-corrected chi connectivity index (χ1v) is 8.82. The predicted molar refractivity (Wildman–Crippen MR) is 92.4 cm³/mol. The normalized spacial score (nSPS) is 18.0. The fourth-order valence-corrected chi connectivity index (χ4v) is 4.54. The number of ether oxygens (including phenoxy) is 2. The first-order valence-electron chi connectivity index (χ1n) is 7.38. The van der Waals surface area contributed by atoms with Crippen molar-refractivity contribution in [3.05, 3.63) is 23.8 Å². The lowest BCUT2D eigenvalue weighted by molar-refractivity contribution is 0.0597. The summed E-state index contributed by atoms with van der Waals surface area (Å²) < 4.78 is 37.1. The van der Waals surface area contributed by atoms with Crippen LogP contribution in [0.25, 0.3) is 0 Å². The topological polar surface area (TPSA) is 84.9 Å². The van der Waals surface area contributed by atoms with Crippen molar-refractivity contribution in [3.63, 3.8) is 0 Å². The predicted octanol–water partition coefficient (Wildman–Crippen LogP) is 1.28. The van der Waals surface area contributed by atoms with E-state index in [1.54, 1.807) is 7.05 Å². The van der Waals surface area contributed by atoms with Crippen molar-refractivity contribution in [1.29, 1.82) is 0 Å². The molecular weight excluding hydrogens is 356 g/mol. The molecule has 0 aliphatic carbocycles. The molecule has 1 aromatic carbocycles. The van der Waals surface area contributed by atoms with Crippen LogP contribution < -0.4 is 10.1 Å². The van der Waals surface area contributed by atoms with Crippen LogP contribution >= 0.6 is 12.4 Å². The molecule has 9 heteroatoms. The van der Waals surface area contributed by atoms with Crippen LogP contribution in [0.1, 0.15) is 23.2 Å². The van der Waals surface area contributed by atoms with E-state index in [2.05, 4.69) is 5.32 Å². The number of carbonyl (C=O) groups excluding carboxylic acids is 1. The minimum absolute atomic E-state index is 0. The Morgan fingerprint density at radius 1 is 1.38 bits per heavy atom. The molecule has 1 aromatic rings. The molecule has 1 heterocycles. The van der Waals surface area contributed by atoms with Crippen LogP contribution in [0.3, 0.4) is 0 Å². The Kier molecular flexibility index (Phi) is 7.47. The highest BCUT2D eigenvalue weighted by Crippen LogP contribution is 2.29. The number of hydrogen-bond acceptors (Lipinski definition) is 6. The van der Waals surface area contributed by atoms with Gasteiger partial charge >= 0.3 is 5.97 Å². The molecule has 0 bridgehead atoms. The lowest BCUT2D eigenvalue weighted by atomic mass is 10.2. The summed E-state index contributed by atoms with van der Waals surface area (Å²) in [7, 11) is 0.787. The number of sulfonamides is 1. The van der Waals surface area contributed by atoms with E-state index in [1.165, 1.54) is 36.7 Å². The second-order valence-corrected chi connectivity index (χ2v) is 7.21. The molecule has 1 saturated heterocycles. The summed E-state index contributed by atoms with van der Waals surface area (Å²) in [6.45, 7) is 1.08. The minimum atomic E-state index is -3.67. The van der Waals surface area contributed by atoms with E-state index in [1.807, 2.05) is 0 Å². The van der Waals surface area contributed by atoms with Gasteiger partial charge in [0.15, 0.2) is 0 Å². The van der Waals surface area contributed by atoms with Crippen molar-refractivity contribution in [2.24, 2.45) is 0 Å². The first kappa shape index (κ1) is 20.7. The van der Waals surface area contributed by atoms with Crippen LogP contribution in [-0.4, -0.2) is 59.1 Å². The van der Waals surface area contributed by atoms with E-state index in [9.17, 15) is 13.2 Å². The Balaban J connectivity index is 0.00000288. The van der Waals surface area contributed by atoms with E-state index < -0.39 is 16.0 Å². The van der Waals surface area contributed by atoms with Crippen LogP contribution in [0.2, 0.25) is 0 Å². The van der Waals surface area contributed by atoms with E-state index >= 15 is 0 Å². The summed E-state index contributed by atoms with van der Waals surface area (Å²) in [5.41, 5.74) is 0.0976. The summed E-state index contributed by atoms with van der Waals surface area (Å²) in [6, 6.07) is 4.17. The van der Waals surface area contributed by atoms with Crippen LogP contribution in [0, 0.1) is 0 Å². The summed E-state index contributed by atoms with van der Waals surface area (Å²) in [5, 5.41) is 3.02. The molecule has 24 heavy (non-hydrogen) atoms. The van der Waals surface area contributed by atoms with Crippen LogP contribution in [-0.2, 0) is 14.8 Å². The summed E-state index contributed by atoms with van der Waals surface area (Å²) in [6.07, 6.45) is 1.64. The number of nitrogens with zero attached hydrogens (tertiary/aromatic N) is 1. The zero-order valence-electron chi connectivity index (χ0n) is 13.9. The van der Waals surface area contributed by atoms with Gasteiger partial charge in [-0.1, -0.05) is 0 Å². The Labute approximate surface area is 148 Å². The number of rotatable bonds is 6. The third-order valence-electron chi connectivity index (χ3n) is 3.95. The Bertz CT molecular complexity index is 680. The standard InChI is InChI=1S/C15H22N2O5S.ClH/c1-16-10-11-5-4-8-17(11)23(19,20)12-6-7-14(21-2)13(9-12)15(18)22-3;/h6-7,9,11,16H,4-5,8,10H2,1-3H3;1H. The van der Waals surface area contributed by atoms with Crippen LogP contribution in [0.4, 0.5) is 0 Å². The number of esters is 1. The Morgan fingerprint density at radius 3 is 2.67 bits per heavy atom. The molecule has 0 saturated carbocycles. The van der Waals surface area contributed by atoms with Crippen molar-refractivity contribution in [2.45, 2.75) is 23.8 Å². The highest BCUT2D eigenvalue weighted by atomic mass is 35.5. The third-order valence-corrected chi connectivity index (χ3v) is 5.89. The maximum atomic E-state index is 12.9. The average Bonchev–Trinajstić information content (AvgIpc) is 3.03. The fourth-order valence-electron chi connectivity index (χ4n) is 2.82. The number of hydrogen-bond donors (Lipinski definition) is 1. The molecule has 1 aliphatic rings. The first-order chi connectivity index (χ1) is 11.0. The molecule has 1 N–H and O–H groups in total. The number of carbonyl (C=O) groups is 1. The van der Waals surface area contributed by atoms with Gasteiger partial charge in [-0.2, -0.15) is 4.31 Å². The smallest absolute Gasteiger partial charge is 0.341 e. The van der Waals surface area contributed by atoms with Gasteiger partial charge in [0, 0.05) is 19.1 Å². The zero-order chi connectivity index (χ0) is 17.0. The van der Waals surface area contributed by atoms with Gasteiger partial charge in [-0.15, -0.1) is 12.4 Å². The van der Waals surface area contributed by atoms with Crippen molar-refractivity contribution in [3.8, 4) is 5.75 Å². The molecule has 0 radical (unpaired) electrons. The maximum absolute atomic E-state index is 12.9. The number of benzene rings is 1. The van der Waals surface area contributed by atoms with E-state index in [4.69, 9.17) is 9.47 Å². The molecule has 1 fully saturated rings. The van der Waals surface area contributed by atoms with Crippen molar-refractivity contribution < 1.29 is 22.7 Å². The average molecular weight is 379 g/mol. The molecule has 136 valence electrons. The van der Waals surface area contributed by atoms with E-state index in [0.717, 1.165) is 12.8 Å². The lowest BCUT2D eigenvalue weighted by Crippen LogP contribution is -2.40. The van der Waals surface area contributed by atoms with Crippen molar-refractivity contribution >= 4 is 28.4 Å². The maximum Gasteiger partial charge on any atom is 0.341 e. The number of methoxy groups -OCH3 is 2. The van der Waals surface area contributed by atoms with E-state index in [-0.39, 0.29) is 34.7 Å². The van der Waals surface area contributed by atoms with Gasteiger partial charge in [0.1, 0.15) is 11.3 Å². The monoisotopic (exact) mass is 378 g/mol. The largest absolute Gasteiger partial charge is 0.496 e. The van der Waals surface area contributed by atoms with Crippen LogP contribution in [0.5, 0.6) is 5.75 Å². The SMILES string of the molecule is CNCC1CCCN1S(=O)(=O)c1ccc(OC)c(C(=O)OC)c1.Cl. The van der Waals surface area contributed by atoms with E-state index in [0.29, 0.717) is 13.1 Å². The van der Waals surface area contributed by atoms with Crippen LogP contribution in [0.15, 0.2) is 23.1 Å². The molecule has 0 aromatic heterocycles. The molecule has 2 rings (SSSR count). The Morgan fingerprint density at radius 2 is 2.08 bits per heavy atom. The van der Waals surface area contributed by atoms with Gasteiger partial charge < -0.3 is 14.8 Å². The zero-order valence-corrected chi connectivity index (χ0v) is 15.6. The summed E-state index contributed by atoms with van der Waals surface area (Å²) in [4.78, 5) is 11.9. The van der Waals surface area contributed by atoms with Gasteiger partial charge in [0.25, 0.3) is 0 Å². The second kappa shape index (κ2) is 8.66. The lowest BCUT2D eigenvalue weighted by Gasteiger charge is -2.24. The molecule has 7 nitrogen and oxygen atoms in total. The highest BCUT2D eigenvalue weighted by molar-refractivity contribution is 7.89. The molecule has 1 aliphatic heterocycles. The van der Waals surface area contributed by atoms with Gasteiger partial charge in [-0.05, 0) is 38.1 Å². The molecule has 1 atom stereocenters. The fraction of sp³-hybridized carbons (Fsp3) is 0.533. The second-order valence-electron chi connectivity index (χ2n) is 5.32. The highest BCUT2D eigenvalue weighted by Gasteiger charge is 2.35. The summed E-state index contributed by atoms with van der Waals surface area (Å²) in [5.74, 6) is -0.351.